The maximum atomic E-state index is 4.67. The third-order valence-electron chi connectivity index (χ3n) is 3.33. The van der Waals surface area contributed by atoms with E-state index in [2.05, 4.69) is 42.6 Å². The Bertz CT molecular complexity index is 349. The standard InChI is InChI=1S/C14H25N3/c1-6-9-12(8-3)14-16-11(5)15-13(17-14)10(4)7-2/h10,12H,6-9H2,1-5H3. The molecule has 1 aromatic rings. The van der Waals surface area contributed by atoms with Gasteiger partial charge in [0.25, 0.3) is 0 Å². The van der Waals surface area contributed by atoms with E-state index in [1.165, 1.54) is 12.8 Å². The van der Waals surface area contributed by atoms with Crippen LogP contribution in [-0.2, 0) is 0 Å². The summed E-state index contributed by atoms with van der Waals surface area (Å²) in [6.45, 7) is 10.7. The van der Waals surface area contributed by atoms with Crippen LogP contribution in [0.2, 0.25) is 0 Å². The minimum atomic E-state index is 0.426. The summed E-state index contributed by atoms with van der Waals surface area (Å²) in [6.07, 6.45) is 4.53. The Hall–Kier alpha value is -0.990. The smallest absolute Gasteiger partial charge is 0.135 e. The molecule has 96 valence electrons. The molecule has 0 amide bonds. The molecule has 0 saturated carbocycles. The van der Waals surface area contributed by atoms with Gasteiger partial charge < -0.3 is 0 Å². The summed E-state index contributed by atoms with van der Waals surface area (Å²) in [4.78, 5) is 13.6. The predicted octanol–water partition coefficient (Wildman–Crippen LogP) is 3.99. The van der Waals surface area contributed by atoms with E-state index in [0.717, 1.165) is 30.3 Å². The minimum absolute atomic E-state index is 0.426. The van der Waals surface area contributed by atoms with Crippen molar-refractivity contribution in [3.05, 3.63) is 17.5 Å². The van der Waals surface area contributed by atoms with Crippen LogP contribution in [0.3, 0.4) is 0 Å². The molecule has 0 N–H and O–H groups in total. The van der Waals surface area contributed by atoms with Gasteiger partial charge in [0.2, 0.25) is 0 Å². The second-order valence-electron chi connectivity index (χ2n) is 4.80. The molecular formula is C14H25N3. The van der Waals surface area contributed by atoms with Crippen molar-refractivity contribution in [2.45, 2.75) is 72.1 Å². The van der Waals surface area contributed by atoms with E-state index in [-0.39, 0.29) is 0 Å². The lowest BCUT2D eigenvalue weighted by atomic mass is 9.99. The fraction of sp³-hybridized carbons (Fsp3) is 0.786. The first-order valence-electron chi connectivity index (χ1n) is 6.84. The van der Waals surface area contributed by atoms with Gasteiger partial charge >= 0.3 is 0 Å². The molecule has 3 heteroatoms. The van der Waals surface area contributed by atoms with Crippen LogP contribution in [0.1, 0.15) is 82.7 Å². The van der Waals surface area contributed by atoms with Crippen molar-refractivity contribution in [3.63, 3.8) is 0 Å². The second-order valence-corrected chi connectivity index (χ2v) is 4.80. The minimum Gasteiger partial charge on any atom is -0.218 e. The van der Waals surface area contributed by atoms with E-state index in [1.54, 1.807) is 0 Å². The summed E-state index contributed by atoms with van der Waals surface area (Å²) in [5.41, 5.74) is 0. The fourth-order valence-corrected chi connectivity index (χ4v) is 1.97. The highest BCUT2D eigenvalue weighted by Gasteiger charge is 2.15. The average Bonchev–Trinajstić information content (AvgIpc) is 2.34. The van der Waals surface area contributed by atoms with Crippen molar-refractivity contribution < 1.29 is 0 Å². The van der Waals surface area contributed by atoms with E-state index < -0.39 is 0 Å². The van der Waals surface area contributed by atoms with Gasteiger partial charge in [-0.05, 0) is 26.2 Å². The van der Waals surface area contributed by atoms with Crippen molar-refractivity contribution in [3.8, 4) is 0 Å². The Morgan fingerprint density at radius 2 is 1.59 bits per heavy atom. The van der Waals surface area contributed by atoms with Crippen LogP contribution >= 0.6 is 0 Å². The normalized spacial score (nSPS) is 14.6. The molecule has 0 fully saturated rings. The summed E-state index contributed by atoms with van der Waals surface area (Å²) in [7, 11) is 0. The first kappa shape index (κ1) is 14.1. The van der Waals surface area contributed by atoms with Crippen LogP contribution in [0, 0.1) is 6.92 Å². The topological polar surface area (TPSA) is 38.7 Å². The number of hydrogen-bond acceptors (Lipinski definition) is 3. The molecule has 0 spiro atoms. The first-order valence-corrected chi connectivity index (χ1v) is 6.84. The molecule has 0 saturated heterocycles. The quantitative estimate of drug-likeness (QED) is 0.748. The van der Waals surface area contributed by atoms with E-state index in [4.69, 9.17) is 0 Å². The zero-order chi connectivity index (χ0) is 12.8. The molecule has 0 aliphatic heterocycles. The lowest BCUT2D eigenvalue weighted by molar-refractivity contribution is 0.544. The first-order chi connectivity index (χ1) is 8.12. The predicted molar refractivity (Wildman–Crippen MR) is 71.2 cm³/mol. The average molecular weight is 235 g/mol. The third kappa shape index (κ3) is 3.76. The summed E-state index contributed by atoms with van der Waals surface area (Å²) in [6, 6.07) is 0. The SMILES string of the molecule is CCCC(CC)c1nc(C)nc(C(C)CC)n1. The molecule has 0 bridgehead atoms. The van der Waals surface area contributed by atoms with Gasteiger partial charge in [-0.2, -0.15) is 0 Å². The number of hydrogen-bond donors (Lipinski definition) is 0. The number of aryl methyl sites for hydroxylation is 1. The Morgan fingerprint density at radius 1 is 0.941 bits per heavy atom. The molecule has 2 atom stereocenters. The van der Waals surface area contributed by atoms with Gasteiger partial charge in [-0.1, -0.05) is 34.1 Å². The Balaban J connectivity index is 3.02. The zero-order valence-electron chi connectivity index (χ0n) is 11.8. The van der Waals surface area contributed by atoms with Crippen molar-refractivity contribution in [2.75, 3.05) is 0 Å². The molecule has 1 heterocycles. The Labute approximate surface area is 105 Å². The highest BCUT2D eigenvalue weighted by atomic mass is 15.0. The number of rotatable bonds is 6. The van der Waals surface area contributed by atoms with Crippen molar-refractivity contribution in [1.29, 1.82) is 0 Å². The molecule has 3 nitrogen and oxygen atoms in total. The summed E-state index contributed by atoms with van der Waals surface area (Å²) >= 11 is 0. The molecule has 1 rings (SSSR count). The van der Waals surface area contributed by atoms with Gasteiger partial charge in [0, 0.05) is 11.8 Å². The number of nitrogens with zero attached hydrogens (tertiary/aromatic N) is 3. The summed E-state index contributed by atoms with van der Waals surface area (Å²) in [5, 5.41) is 0. The largest absolute Gasteiger partial charge is 0.218 e. The molecule has 0 aromatic carbocycles. The second kappa shape index (κ2) is 6.67. The van der Waals surface area contributed by atoms with E-state index in [1.807, 2.05) is 6.92 Å². The van der Waals surface area contributed by atoms with E-state index >= 15 is 0 Å². The molecule has 2 unspecified atom stereocenters. The number of aromatic nitrogens is 3. The van der Waals surface area contributed by atoms with Crippen LogP contribution in [0.5, 0.6) is 0 Å². The van der Waals surface area contributed by atoms with Gasteiger partial charge in [0.1, 0.15) is 17.5 Å². The van der Waals surface area contributed by atoms with Gasteiger partial charge in [-0.25, -0.2) is 15.0 Å². The van der Waals surface area contributed by atoms with Crippen LogP contribution in [-0.4, -0.2) is 15.0 Å². The monoisotopic (exact) mass is 235 g/mol. The highest BCUT2D eigenvalue weighted by molar-refractivity contribution is 5.04. The lowest BCUT2D eigenvalue weighted by Crippen LogP contribution is -2.11. The van der Waals surface area contributed by atoms with Gasteiger partial charge in [0.05, 0.1) is 0 Å². The van der Waals surface area contributed by atoms with Crippen molar-refractivity contribution in [1.82, 2.24) is 15.0 Å². The Kier molecular flexibility index (Phi) is 5.52. The molecule has 1 aromatic heterocycles. The van der Waals surface area contributed by atoms with Gasteiger partial charge in [-0.3, -0.25) is 0 Å². The molecule has 17 heavy (non-hydrogen) atoms. The van der Waals surface area contributed by atoms with Gasteiger partial charge in [-0.15, -0.1) is 0 Å². The van der Waals surface area contributed by atoms with Gasteiger partial charge in [0.15, 0.2) is 0 Å². The van der Waals surface area contributed by atoms with Crippen LogP contribution in [0.4, 0.5) is 0 Å². The van der Waals surface area contributed by atoms with Crippen LogP contribution in [0.25, 0.3) is 0 Å². The summed E-state index contributed by atoms with van der Waals surface area (Å²) in [5.74, 6) is 3.74. The molecule has 0 aliphatic carbocycles. The van der Waals surface area contributed by atoms with Crippen LogP contribution < -0.4 is 0 Å². The highest BCUT2D eigenvalue weighted by Crippen LogP contribution is 2.23. The fourth-order valence-electron chi connectivity index (χ4n) is 1.97. The maximum Gasteiger partial charge on any atom is 0.135 e. The molecular weight excluding hydrogens is 210 g/mol. The molecule has 0 aliphatic rings. The Morgan fingerprint density at radius 3 is 2.12 bits per heavy atom. The van der Waals surface area contributed by atoms with E-state index in [9.17, 15) is 0 Å². The molecule has 0 radical (unpaired) electrons. The van der Waals surface area contributed by atoms with Crippen molar-refractivity contribution >= 4 is 0 Å². The zero-order valence-corrected chi connectivity index (χ0v) is 11.8. The lowest BCUT2D eigenvalue weighted by Gasteiger charge is -2.15. The van der Waals surface area contributed by atoms with Crippen LogP contribution in [0.15, 0.2) is 0 Å². The summed E-state index contributed by atoms with van der Waals surface area (Å²) < 4.78 is 0. The third-order valence-corrected chi connectivity index (χ3v) is 3.33. The maximum absolute atomic E-state index is 4.67. The van der Waals surface area contributed by atoms with Crippen molar-refractivity contribution in [2.24, 2.45) is 0 Å². The van der Waals surface area contributed by atoms with E-state index in [0.29, 0.717) is 11.8 Å².